The van der Waals surface area contributed by atoms with Gasteiger partial charge in [0, 0.05) is 24.3 Å². The Labute approximate surface area is 164 Å². The number of rotatable bonds is 5. The molecule has 11 nitrogen and oxygen atoms in total. The van der Waals surface area contributed by atoms with Crippen molar-refractivity contribution in [1.29, 1.82) is 0 Å². The second kappa shape index (κ2) is 7.52. The zero-order valence-electron chi connectivity index (χ0n) is 14.2. The van der Waals surface area contributed by atoms with E-state index in [-0.39, 0.29) is 17.1 Å². The van der Waals surface area contributed by atoms with E-state index < -0.39 is 15.4 Å². The highest BCUT2D eigenvalue weighted by atomic mass is 79.9. The fourth-order valence-electron chi connectivity index (χ4n) is 2.36. The van der Waals surface area contributed by atoms with E-state index >= 15 is 0 Å². The summed E-state index contributed by atoms with van der Waals surface area (Å²) in [7, 11) is 0. The number of benzene rings is 2. The summed E-state index contributed by atoms with van der Waals surface area (Å²) in [5.74, 6) is 0. The second-order valence-electron chi connectivity index (χ2n) is 5.59. The highest BCUT2D eigenvalue weighted by Gasteiger charge is 2.14. The Hall–Kier alpha value is -3.67. The van der Waals surface area contributed by atoms with Gasteiger partial charge in [-0.3, -0.25) is 30.1 Å². The van der Waals surface area contributed by atoms with Crippen molar-refractivity contribution >= 4 is 38.7 Å². The maximum atomic E-state index is 12.6. The van der Waals surface area contributed by atoms with Gasteiger partial charge in [-0.2, -0.15) is 0 Å². The molecule has 1 N–H and O–H groups in total. The fraction of sp³-hybridized carbons (Fsp3) is 0.0625. The van der Waals surface area contributed by atoms with Crippen LogP contribution in [0.25, 0.3) is 5.69 Å². The molecule has 0 atom stereocenters. The number of aromatic nitrogens is 2. The molecule has 1 aromatic heterocycles. The van der Waals surface area contributed by atoms with E-state index in [9.17, 15) is 25.0 Å². The van der Waals surface area contributed by atoms with Crippen molar-refractivity contribution < 1.29 is 9.85 Å². The number of nitro groups is 2. The van der Waals surface area contributed by atoms with Crippen LogP contribution in [0.5, 0.6) is 0 Å². The first kappa shape index (κ1) is 19.1. The Kier molecular flexibility index (Phi) is 5.13. The van der Waals surface area contributed by atoms with Gasteiger partial charge in [0.05, 0.1) is 25.7 Å². The van der Waals surface area contributed by atoms with Crippen molar-refractivity contribution in [3.05, 3.63) is 83.2 Å². The number of azo groups is 1. The van der Waals surface area contributed by atoms with Crippen LogP contribution >= 0.6 is 15.9 Å². The summed E-state index contributed by atoms with van der Waals surface area (Å²) in [4.78, 5) is 33.0. The number of aromatic amines is 1. The van der Waals surface area contributed by atoms with E-state index in [1.165, 1.54) is 47.1 Å². The Balaban J connectivity index is 1.94. The van der Waals surface area contributed by atoms with Gasteiger partial charge in [-0.1, -0.05) is 0 Å². The van der Waals surface area contributed by atoms with Crippen molar-refractivity contribution in [2.45, 2.75) is 6.92 Å². The van der Waals surface area contributed by atoms with Crippen LogP contribution in [0.2, 0.25) is 0 Å². The Morgan fingerprint density at radius 1 is 1.00 bits per heavy atom. The zero-order chi connectivity index (χ0) is 20.4. The minimum absolute atomic E-state index is 0.0450. The molecule has 0 aliphatic heterocycles. The summed E-state index contributed by atoms with van der Waals surface area (Å²) in [6.45, 7) is 1.63. The number of nitrogens with zero attached hydrogens (tertiary/aromatic N) is 5. The van der Waals surface area contributed by atoms with Gasteiger partial charge in [0.1, 0.15) is 5.69 Å². The van der Waals surface area contributed by atoms with Gasteiger partial charge in [0.25, 0.3) is 16.9 Å². The normalized spacial score (nSPS) is 11.1. The Morgan fingerprint density at radius 3 is 2.18 bits per heavy atom. The summed E-state index contributed by atoms with van der Waals surface area (Å²) in [5.41, 5.74) is 0.498. The molecule has 142 valence electrons. The zero-order valence-corrected chi connectivity index (χ0v) is 15.8. The lowest BCUT2D eigenvalue weighted by Crippen LogP contribution is -2.13. The average molecular weight is 447 g/mol. The van der Waals surface area contributed by atoms with Crippen LogP contribution in [0.4, 0.5) is 22.7 Å². The molecule has 3 rings (SSSR count). The van der Waals surface area contributed by atoms with E-state index in [1.807, 2.05) is 0 Å². The average Bonchev–Trinajstić information content (AvgIpc) is 2.94. The highest BCUT2D eigenvalue weighted by molar-refractivity contribution is 9.10. The third kappa shape index (κ3) is 3.71. The predicted octanol–water partition coefficient (Wildman–Crippen LogP) is 4.47. The van der Waals surface area contributed by atoms with Crippen LogP contribution in [-0.4, -0.2) is 19.6 Å². The van der Waals surface area contributed by atoms with Crippen molar-refractivity contribution in [2.75, 3.05) is 0 Å². The molecule has 1 heterocycles. The monoisotopic (exact) mass is 446 g/mol. The molecule has 0 unspecified atom stereocenters. The molecule has 3 aromatic rings. The largest absolute Gasteiger partial charge is 0.299 e. The van der Waals surface area contributed by atoms with Crippen LogP contribution < -0.4 is 5.56 Å². The van der Waals surface area contributed by atoms with Crippen molar-refractivity contribution in [3.8, 4) is 5.69 Å². The first-order valence-corrected chi connectivity index (χ1v) is 8.49. The van der Waals surface area contributed by atoms with Gasteiger partial charge in [-0.15, -0.1) is 10.2 Å². The standard InChI is InChI=1S/C16H11BrN6O5/c1-9-15(19-18-14-7-6-12(23(27)28)8-13(14)17)16(24)21(20-9)10-2-4-11(5-3-10)22(25)26/h2-8,20H,1H3. The molecule has 0 saturated heterocycles. The lowest BCUT2D eigenvalue weighted by Gasteiger charge is -2.00. The van der Waals surface area contributed by atoms with E-state index in [1.54, 1.807) is 6.92 Å². The number of nitrogens with one attached hydrogen (secondary N) is 1. The number of non-ortho nitro benzene ring substituents is 2. The number of aryl methyl sites for hydroxylation is 1. The van der Waals surface area contributed by atoms with E-state index in [4.69, 9.17) is 0 Å². The molecule has 0 radical (unpaired) electrons. The summed E-state index contributed by atoms with van der Waals surface area (Å²) in [6.07, 6.45) is 0. The molecule has 0 aliphatic rings. The van der Waals surface area contributed by atoms with Gasteiger partial charge in [0.2, 0.25) is 0 Å². The fourth-order valence-corrected chi connectivity index (χ4v) is 2.80. The molecule has 0 spiro atoms. The number of hydrogen-bond acceptors (Lipinski definition) is 7. The van der Waals surface area contributed by atoms with Crippen LogP contribution in [0, 0.1) is 27.2 Å². The minimum atomic E-state index is -0.537. The molecule has 0 saturated carbocycles. The van der Waals surface area contributed by atoms with Gasteiger partial charge in [-0.05, 0) is 41.1 Å². The number of halogens is 1. The number of hydrogen-bond donors (Lipinski definition) is 1. The highest BCUT2D eigenvalue weighted by Crippen LogP contribution is 2.30. The SMILES string of the molecule is Cc1[nH]n(-c2ccc([N+](=O)[O-])cc2)c(=O)c1N=Nc1ccc([N+](=O)[O-])cc1Br. The second-order valence-corrected chi connectivity index (χ2v) is 6.45. The summed E-state index contributed by atoms with van der Waals surface area (Å²) in [6, 6.07) is 9.40. The van der Waals surface area contributed by atoms with Gasteiger partial charge < -0.3 is 0 Å². The molecule has 0 amide bonds. The summed E-state index contributed by atoms with van der Waals surface area (Å²) < 4.78 is 1.55. The maximum Gasteiger partial charge on any atom is 0.299 e. The topological polar surface area (TPSA) is 149 Å². The molecule has 28 heavy (non-hydrogen) atoms. The van der Waals surface area contributed by atoms with Gasteiger partial charge in [-0.25, -0.2) is 4.68 Å². The number of H-pyrrole nitrogens is 1. The first-order chi connectivity index (χ1) is 13.3. The Bertz CT molecular complexity index is 1170. The first-order valence-electron chi connectivity index (χ1n) is 7.70. The van der Waals surface area contributed by atoms with Crippen LogP contribution in [0.3, 0.4) is 0 Å². The van der Waals surface area contributed by atoms with E-state index in [2.05, 4.69) is 31.3 Å². The van der Waals surface area contributed by atoms with E-state index in [0.29, 0.717) is 21.5 Å². The van der Waals surface area contributed by atoms with Crippen LogP contribution in [0.15, 0.2) is 62.0 Å². The number of nitro benzene ring substituents is 2. The van der Waals surface area contributed by atoms with Crippen molar-refractivity contribution in [2.24, 2.45) is 10.2 Å². The van der Waals surface area contributed by atoms with Crippen molar-refractivity contribution in [3.63, 3.8) is 0 Å². The minimum Gasteiger partial charge on any atom is -0.293 e. The third-order valence-electron chi connectivity index (χ3n) is 3.76. The van der Waals surface area contributed by atoms with Crippen LogP contribution in [-0.2, 0) is 0 Å². The molecule has 12 heteroatoms. The van der Waals surface area contributed by atoms with Crippen molar-refractivity contribution in [1.82, 2.24) is 9.78 Å². The smallest absolute Gasteiger partial charge is 0.293 e. The maximum absolute atomic E-state index is 12.6. The molecular formula is C16H11BrN6O5. The third-order valence-corrected chi connectivity index (χ3v) is 4.39. The summed E-state index contributed by atoms with van der Waals surface area (Å²) >= 11 is 3.18. The van der Waals surface area contributed by atoms with Crippen LogP contribution in [0.1, 0.15) is 5.69 Å². The molecular weight excluding hydrogens is 436 g/mol. The van der Waals surface area contributed by atoms with Gasteiger partial charge in [0.15, 0.2) is 5.69 Å². The lowest BCUT2D eigenvalue weighted by atomic mass is 10.3. The van der Waals surface area contributed by atoms with E-state index in [0.717, 1.165) is 0 Å². The summed E-state index contributed by atoms with van der Waals surface area (Å²) in [5, 5.41) is 32.3. The quantitative estimate of drug-likeness (QED) is 0.348. The molecule has 0 fully saturated rings. The lowest BCUT2D eigenvalue weighted by molar-refractivity contribution is -0.385. The van der Waals surface area contributed by atoms with Gasteiger partial charge >= 0.3 is 0 Å². The predicted molar refractivity (Wildman–Crippen MR) is 103 cm³/mol. The Morgan fingerprint density at radius 2 is 1.61 bits per heavy atom. The molecule has 0 aliphatic carbocycles. The molecule has 2 aromatic carbocycles. The molecule has 0 bridgehead atoms.